The summed E-state index contributed by atoms with van der Waals surface area (Å²) in [6, 6.07) is 1.56. The van der Waals surface area contributed by atoms with Gasteiger partial charge in [0.05, 0.1) is 0 Å². The number of nitrogens with one attached hydrogen (secondary N) is 1. The van der Waals surface area contributed by atoms with E-state index < -0.39 is 10.0 Å². The zero-order valence-electron chi connectivity index (χ0n) is 13.7. The Balaban J connectivity index is 2.02. The SMILES string of the molecule is CCCCCCNC(=O)c1sccc1S(=O)(=O)N1CCCCC1. The molecule has 1 aromatic rings. The zero-order chi connectivity index (χ0) is 16.7. The normalized spacial score (nSPS) is 16.4. The second-order valence-corrected chi connectivity index (χ2v) is 8.72. The first kappa shape index (κ1) is 18.4. The number of thiophene rings is 1. The molecular weight excluding hydrogens is 332 g/mol. The minimum Gasteiger partial charge on any atom is -0.351 e. The van der Waals surface area contributed by atoms with Crippen molar-refractivity contribution in [2.45, 2.75) is 56.8 Å². The van der Waals surface area contributed by atoms with E-state index in [4.69, 9.17) is 0 Å². The Morgan fingerprint density at radius 1 is 1.22 bits per heavy atom. The summed E-state index contributed by atoms with van der Waals surface area (Å²) < 4.78 is 27.0. The molecule has 5 nitrogen and oxygen atoms in total. The Kier molecular flexibility index (Phi) is 7.05. The molecule has 0 unspecified atom stereocenters. The number of carbonyl (C=O) groups excluding carboxylic acids is 1. The maximum Gasteiger partial charge on any atom is 0.262 e. The molecule has 0 aromatic carbocycles. The van der Waals surface area contributed by atoms with Gasteiger partial charge in [0.15, 0.2) is 0 Å². The topological polar surface area (TPSA) is 66.5 Å². The third kappa shape index (κ3) is 4.78. The number of hydrogen-bond donors (Lipinski definition) is 1. The van der Waals surface area contributed by atoms with Crippen LogP contribution in [0.1, 0.15) is 61.5 Å². The maximum atomic E-state index is 12.7. The third-order valence-corrected chi connectivity index (χ3v) is 7.07. The third-order valence-electron chi connectivity index (χ3n) is 4.08. The fraction of sp³-hybridized carbons (Fsp3) is 0.688. The Hall–Kier alpha value is -0.920. The van der Waals surface area contributed by atoms with Gasteiger partial charge in [-0.3, -0.25) is 4.79 Å². The van der Waals surface area contributed by atoms with Crippen molar-refractivity contribution in [3.05, 3.63) is 16.3 Å². The molecular formula is C16H26N2O3S2. The number of hydrogen-bond acceptors (Lipinski definition) is 4. The van der Waals surface area contributed by atoms with E-state index in [1.165, 1.54) is 15.6 Å². The van der Waals surface area contributed by atoms with Crippen LogP contribution in [0.25, 0.3) is 0 Å². The minimum atomic E-state index is -3.55. The molecule has 0 spiro atoms. The molecule has 0 bridgehead atoms. The van der Waals surface area contributed by atoms with Gasteiger partial charge in [-0.2, -0.15) is 4.31 Å². The standard InChI is InChI=1S/C16H26N2O3S2/c1-2-3-4-6-10-17-16(19)15-14(9-13-22-15)23(20,21)18-11-7-5-8-12-18/h9,13H,2-8,10-12H2,1H3,(H,17,19). The van der Waals surface area contributed by atoms with Crippen molar-refractivity contribution in [1.29, 1.82) is 0 Å². The van der Waals surface area contributed by atoms with Crippen LogP contribution in [0.15, 0.2) is 16.3 Å². The molecule has 0 saturated carbocycles. The molecule has 0 atom stereocenters. The van der Waals surface area contributed by atoms with Crippen LogP contribution < -0.4 is 5.32 Å². The largest absolute Gasteiger partial charge is 0.351 e. The van der Waals surface area contributed by atoms with E-state index in [2.05, 4.69) is 12.2 Å². The van der Waals surface area contributed by atoms with Gasteiger partial charge in [0.25, 0.3) is 5.91 Å². The number of carbonyl (C=O) groups is 1. The van der Waals surface area contributed by atoms with Crippen molar-refractivity contribution in [3.8, 4) is 0 Å². The summed E-state index contributed by atoms with van der Waals surface area (Å²) in [6.07, 6.45) is 7.17. The van der Waals surface area contributed by atoms with Crippen LogP contribution in [0.2, 0.25) is 0 Å². The van der Waals surface area contributed by atoms with Gasteiger partial charge >= 0.3 is 0 Å². The molecule has 2 heterocycles. The summed E-state index contributed by atoms with van der Waals surface area (Å²) in [5, 5.41) is 4.53. The van der Waals surface area contributed by atoms with E-state index in [1.807, 2.05) is 0 Å². The average Bonchev–Trinajstić information content (AvgIpc) is 3.06. The fourth-order valence-electron chi connectivity index (χ4n) is 2.74. The smallest absolute Gasteiger partial charge is 0.262 e. The van der Waals surface area contributed by atoms with Crippen molar-refractivity contribution in [2.24, 2.45) is 0 Å². The minimum absolute atomic E-state index is 0.162. The molecule has 1 saturated heterocycles. The number of unbranched alkanes of at least 4 members (excludes halogenated alkanes) is 3. The van der Waals surface area contributed by atoms with Crippen molar-refractivity contribution in [1.82, 2.24) is 9.62 Å². The van der Waals surface area contributed by atoms with E-state index in [0.717, 1.165) is 44.9 Å². The van der Waals surface area contributed by atoms with E-state index in [-0.39, 0.29) is 10.8 Å². The van der Waals surface area contributed by atoms with Gasteiger partial charge in [0, 0.05) is 19.6 Å². The molecule has 1 aliphatic rings. The highest BCUT2D eigenvalue weighted by molar-refractivity contribution is 7.89. The molecule has 1 aromatic heterocycles. The van der Waals surface area contributed by atoms with Gasteiger partial charge in [-0.05, 0) is 30.7 Å². The van der Waals surface area contributed by atoms with Gasteiger partial charge in [-0.15, -0.1) is 11.3 Å². The lowest BCUT2D eigenvalue weighted by molar-refractivity contribution is 0.0954. The van der Waals surface area contributed by atoms with Crippen molar-refractivity contribution < 1.29 is 13.2 Å². The van der Waals surface area contributed by atoms with Crippen LogP contribution in [-0.4, -0.2) is 38.3 Å². The molecule has 0 radical (unpaired) electrons. The van der Waals surface area contributed by atoms with Crippen LogP contribution in [0.4, 0.5) is 0 Å². The highest BCUT2D eigenvalue weighted by atomic mass is 32.2. The Bertz CT molecular complexity index is 605. The van der Waals surface area contributed by atoms with Crippen LogP contribution in [0.3, 0.4) is 0 Å². The highest BCUT2D eigenvalue weighted by Gasteiger charge is 2.30. The predicted octanol–water partition coefficient (Wildman–Crippen LogP) is 3.23. The van der Waals surface area contributed by atoms with Gasteiger partial charge in [0.2, 0.25) is 10.0 Å². The molecule has 2 rings (SSSR count). The Morgan fingerprint density at radius 2 is 1.96 bits per heavy atom. The summed E-state index contributed by atoms with van der Waals surface area (Å²) in [6.45, 7) is 3.84. The molecule has 7 heteroatoms. The summed E-state index contributed by atoms with van der Waals surface area (Å²) in [5.74, 6) is -0.271. The highest BCUT2D eigenvalue weighted by Crippen LogP contribution is 2.27. The van der Waals surface area contributed by atoms with Gasteiger partial charge in [-0.25, -0.2) is 8.42 Å². The molecule has 130 valence electrons. The fourth-order valence-corrected chi connectivity index (χ4v) is 5.58. The first-order valence-corrected chi connectivity index (χ1v) is 10.7. The summed E-state index contributed by atoms with van der Waals surface area (Å²) in [5.41, 5.74) is 0. The van der Waals surface area contributed by atoms with Crippen LogP contribution >= 0.6 is 11.3 Å². The summed E-state index contributed by atoms with van der Waals surface area (Å²) in [7, 11) is -3.55. The van der Waals surface area contributed by atoms with Crippen molar-refractivity contribution in [2.75, 3.05) is 19.6 Å². The van der Waals surface area contributed by atoms with Crippen LogP contribution in [-0.2, 0) is 10.0 Å². The van der Waals surface area contributed by atoms with E-state index in [9.17, 15) is 13.2 Å². The lowest BCUT2D eigenvalue weighted by Gasteiger charge is -2.25. The zero-order valence-corrected chi connectivity index (χ0v) is 15.3. The number of amides is 1. The first-order chi connectivity index (χ1) is 11.1. The number of piperidine rings is 1. The van der Waals surface area contributed by atoms with Crippen LogP contribution in [0.5, 0.6) is 0 Å². The maximum absolute atomic E-state index is 12.7. The van der Waals surface area contributed by atoms with Gasteiger partial charge in [0.1, 0.15) is 9.77 Å². The Morgan fingerprint density at radius 3 is 2.65 bits per heavy atom. The van der Waals surface area contributed by atoms with E-state index >= 15 is 0 Å². The van der Waals surface area contributed by atoms with Crippen molar-refractivity contribution >= 4 is 27.3 Å². The number of sulfonamides is 1. The van der Waals surface area contributed by atoms with Crippen LogP contribution in [0, 0.1) is 0 Å². The van der Waals surface area contributed by atoms with E-state index in [0.29, 0.717) is 24.5 Å². The van der Waals surface area contributed by atoms with Crippen molar-refractivity contribution in [3.63, 3.8) is 0 Å². The monoisotopic (exact) mass is 358 g/mol. The average molecular weight is 359 g/mol. The molecule has 0 aliphatic carbocycles. The molecule has 1 N–H and O–H groups in total. The predicted molar refractivity (Wildman–Crippen MR) is 93.4 cm³/mol. The quantitative estimate of drug-likeness (QED) is 0.726. The van der Waals surface area contributed by atoms with Gasteiger partial charge in [-0.1, -0.05) is 32.6 Å². The second-order valence-electron chi connectivity index (χ2n) is 5.90. The lowest BCUT2D eigenvalue weighted by atomic mass is 10.2. The molecule has 1 aliphatic heterocycles. The lowest BCUT2D eigenvalue weighted by Crippen LogP contribution is -2.36. The second kappa shape index (κ2) is 8.80. The summed E-state index contributed by atoms with van der Waals surface area (Å²) >= 11 is 1.20. The van der Waals surface area contributed by atoms with E-state index in [1.54, 1.807) is 11.4 Å². The number of nitrogens with zero attached hydrogens (tertiary/aromatic N) is 1. The summed E-state index contributed by atoms with van der Waals surface area (Å²) in [4.78, 5) is 12.8. The molecule has 1 fully saturated rings. The first-order valence-electron chi connectivity index (χ1n) is 8.43. The Labute approximate surface area is 143 Å². The van der Waals surface area contributed by atoms with Gasteiger partial charge < -0.3 is 5.32 Å². The number of rotatable bonds is 8. The molecule has 1 amide bonds. The molecule has 23 heavy (non-hydrogen) atoms.